The molecule has 4 heteroatoms. The Morgan fingerprint density at radius 3 is 2.03 bits per heavy atom. The van der Waals surface area contributed by atoms with Gasteiger partial charge in [-0.05, 0) is 97.2 Å². The third-order valence-electron chi connectivity index (χ3n) is 13.6. The van der Waals surface area contributed by atoms with E-state index in [2.05, 4.69) is 61.5 Å². The molecule has 214 valence electrons. The van der Waals surface area contributed by atoms with Crippen molar-refractivity contribution < 1.29 is 19.1 Å². The average molecular weight is 527 g/mol. The Morgan fingerprint density at radius 1 is 0.763 bits per heavy atom. The lowest BCUT2D eigenvalue weighted by atomic mass is 9.33. The molecule has 0 aromatic carbocycles. The largest absolute Gasteiger partial charge is 0.462 e. The van der Waals surface area contributed by atoms with Gasteiger partial charge in [0.05, 0.1) is 0 Å². The van der Waals surface area contributed by atoms with Crippen LogP contribution in [0.5, 0.6) is 0 Å². The molecule has 0 aromatic rings. The Kier molecular flexibility index (Phi) is 6.38. The number of esters is 2. The molecule has 0 heterocycles. The molecule has 0 N–H and O–H groups in total. The number of carbonyl (C=O) groups excluding carboxylic acids is 2. The van der Waals surface area contributed by atoms with Gasteiger partial charge in [-0.3, -0.25) is 9.59 Å². The molecule has 4 saturated carbocycles. The third-order valence-corrected chi connectivity index (χ3v) is 13.6. The summed E-state index contributed by atoms with van der Waals surface area (Å²) in [7, 11) is 0. The molecule has 4 nitrogen and oxygen atoms in total. The molecule has 4 fully saturated rings. The molecule has 5 aliphatic rings. The van der Waals surface area contributed by atoms with Crippen LogP contribution in [0.15, 0.2) is 11.6 Å². The van der Waals surface area contributed by atoms with Crippen LogP contribution < -0.4 is 0 Å². The molecule has 0 spiro atoms. The van der Waals surface area contributed by atoms with Crippen molar-refractivity contribution in [1.82, 2.24) is 0 Å². The summed E-state index contributed by atoms with van der Waals surface area (Å²) in [5, 5.41) is 0. The van der Waals surface area contributed by atoms with Crippen LogP contribution in [0.1, 0.15) is 127 Å². The van der Waals surface area contributed by atoms with Gasteiger partial charge >= 0.3 is 11.9 Å². The predicted octanol–water partition coefficient (Wildman–Crippen LogP) is 8.28. The standard InChI is InChI=1S/C34H54O4/c1-21(35)37-27-14-15-32(8)25(30(27,5)6)13-16-33(9)26(32)12-11-23-24-19-29(3,4)17-18-31(24,7)20-28(34(23,33)10)38-22(2)36/h11,24-28H,12-20H2,1-10H3/t24-,25-,26+,27-,28-,31+,32-,33+,34-/m0/s1. The predicted molar refractivity (Wildman–Crippen MR) is 151 cm³/mol. The first-order chi connectivity index (χ1) is 17.4. The monoisotopic (exact) mass is 526 g/mol. The molecular formula is C34H54O4. The number of ether oxygens (including phenoxy) is 2. The summed E-state index contributed by atoms with van der Waals surface area (Å²) in [6.45, 7) is 22.8. The molecule has 0 saturated heterocycles. The van der Waals surface area contributed by atoms with Crippen molar-refractivity contribution in [2.45, 2.75) is 139 Å². The van der Waals surface area contributed by atoms with Gasteiger partial charge in [0, 0.05) is 24.7 Å². The zero-order valence-corrected chi connectivity index (χ0v) is 26.0. The van der Waals surface area contributed by atoms with E-state index < -0.39 is 0 Å². The molecule has 0 amide bonds. The highest BCUT2D eigenvalue weighted by Crippen LogP contribution is 2.76. The van der Waals surface area contributed by atoms with Crippen LogP contribution in [0.25, 0.3) is 0 Å². The van der Waals surface area contributed by atoms with Gasteiger partial charge < -0.3 is 9.47 Å². The lowest BCUT2D eigenvalue weighted by Gasteiger charge is -2.72. The van der Waals surface area contributed by atoms with E-state index in [9.17, 15) is 9.59 Å². The zero-order valence-electron chi connectivity index (χ0n) is 26.0. The van der Waals surface area contributed by atoms with E-state index in [4.69, 9.17) is 9.47 Å². The fourth-order valence-electron chi connectivity index (χ4n) is 11.4. The Balaban J connectivity index is 1.60. The van der Waals surface area contributed by atoms with Crippen LogP contribution in [0.4, 0.5) is 0 Å². The van der Waals surface area contributed by atoms with Crippen LogP contribution in [0.3, 0.4) is 0 Å². The van der Waals surface area contributed by atoms with Crippen molar-refractivity contribution in [3.05, 3.63) is 11.6 Å². The van der Waals surface area contributed by atoms with Crippen molar-refractivity contribution >= 4 is 11.9 Å². The normalized spacial score (nSPS) is 48.8. The molecular weight excluding hydrogens is 472 g/mol. The Labute approximate surface area is 232 Å². The quantitative estimate of drug-likeness (QED) is 0.268. The molecule has 0 aliphatic heterocycles. The Bertz CT molecular complexity index is 1040. The molecule has 9 atom stereocenters. The number of carbonyl (C=O) groups is 2. The Hall–Kier alpha value is -1.32. The van der Waals surface area contributed by atoms with Crippen molar-refractivity contribution in [2.75, 3.05) is 0 Å². The number of hydrogen-bond acceptors (Lipinski definition) is 4. The van der Waals surface area contributed by atoms with E-state index >= 15 is 0 Å². The fourth-order valence-corrected chi connectivity index (χ4v) is 11.4. The van der Waals surface area contributed by atoms with Crippen molar-refractivity contribution in [3.63, 3.8) is 0 Å². The minimum atomic E-state index is -0.163. The number of hydrogen-bond donors (Lipinski definition) is 0. The van der Waals surface area contributed by atoms with Gasteiger partial charge in [-0.1, -0.05) is 67.0 Å². The smallest absolute Gasteiger partial charge is 0.302 e. The second kappa shape index (κ2) is 8.59. The summed E-state index contributed by atoms with van der Waals surface area (Å²) in [6, 6.07) is 0. The molecule has 0 bridgehead atoms. The first-order valence-corrected chi connectivity index (χ1v) is 15.5. The van der Waals surface area contributed by atoms with E-state index in [1.807, 2.05) is 0 Å². The van der Waals surface area contributed by atoms with Crippen LogP contribution in [0, 0.1) is 50.2 Å². The van der Waals surface area contributed by atoms with E-state index in [-0.39, 0.29) is 51.2 Å². The summed E-state index contributed by atoms with van der Waals surface area (Å²) in [5.41, 5.74) is 2.14. The van der Waals surface area contributed by atoms with E-state index in [1.165, 1.54) is 19.3 Å². The highest BCUT2D eigenvalue weighted by atomic mass is 16.5. The summed E-state index contributed by atoms with van der Waals surface area (Å²) in [4.78, 5) is 24.5. The molecule has 5 rings (SSSR count). The lowest BCUT2D eigenvalue weighted by molar-refractivity contribution is -0.232. The number of allylic oxidation sites excluding steroid dienone is 1. The first kappa shape index (κ1) is 28.2. The zero-order chi connectivity index (χ0) is 28.1. The topological polar surface area (TPSA) is 52.6 Å². The van der Waals surface area contributed by atoms with Gasteiger partial charge in [0.15, 0.2) is 0 Å². The van der Waals surface area contributed by atoms with E-state index in [0.717, 1.165) is 38.5 Å². The molecule has 0 radical (unpaired) electrons. The maximum Gasteiger partial charge on any atom is 0.302 e. The van der Waals surface area contributed by atoms with Gasteiger partial charge in [0.1, 0.15) is 12.2 Å². The highest BCUT2D eigenvalue weighted by molar-refractivity contribution is 5.66. The SMILES string of the molecule is CC(=O)O[C@H]1CC[C@]2(C)[C@H]3CC=C4[C@@H]5CC(C)(C)CC[C@]5(C)C[C@H](OC(C)=O)[C@@]4(C)[C@]3(C)CC[C@H]2C1(C)C. The molecule has 5 aliphatic carbocycles. The van der Waals surface area contributed by atoms with Gasteiger partial charge in [0.25, 0.3) is 0 Å². The summed E-state index contributed by atoms with van der Waals surface area (Å²) >= 11 is 0. The minimum Gasteiger partial charge on any atom is -0.462 e. The van der Waals surface area contributed by atoms with E-state index in [1.54, 1.807) is 19.4 Å². The van der Waals surface area contributed by atoms with Crippen molar-refractivity contribution in [1.29, 1.82) is 0 Å². The van der Waals surface area contributed by atoms with Gasteiger partial charge in [0.2, 0.25) is 0 Å². The second-order valence-electron chi connectivity index (χ2n) is 16.5. The summed E-state index contributed by atoms with van der Waals surface area (Å²) < 4.78 is 12.3. The van der Waals surface area contributed by atoms with Crippen molar-refractivity contribution in [2.24, 2.45) is 50.2 Å². The molecule has 0 aromatic heterocycles. The number of rotatable bonds is 2. The van der Waals surface area contributed by atoms with Gasteiger partial charge in [-0.2, -0.15) is 0 Å². The second-order valence-corrected chi connectivity index (χ2v) is 16.5. The highest BCUT2D eigenvalue weighted by Gasteiger charge is 2.71. The minimum absolute atomic E-state index is 0.0126. The van der Waals surface area contributed by atoms with Gasteiger partial charge in [-0.15, -0.1) is 0 Å². The fraction of sp³-hybridized carbons (Fsp3) is 0.882. The first-order valence-electron chi connectivity index (χ1n) is 15.5. The lowest BCUT2D eigenvalue weighted by Crippen LogP contribution is -2.68. The maximum absolute atomic E-state index is 12.6. The summed E-state index contributed by atoms with van der Waals surface area (Å²) in [5.74, 6) is 1.28. The Morgan fingerprint density at radius 2 is 1.39 bits per heavy atom. The third kappa shape index (κ3) is 3.80. The number of fused-ring (bicyclic) bond motifs is 7. The van der Waals surface area contributed by atoms with Crippen LogP contribution >= 0.6 is 0 Å². The summed E-state index contributed by atoms with van der Waals surface area (Å²) in [6.07, 6.45) is 12.6. The van der Waals surface area contributed by atoms with Crippen LogP contribution in [-0.4, -0.2) is 24.1 Å². The molecule has 0 unspecified atom stereocenters. The average Bonchev–Trinajstić information content (AvgIpc) is 2.77. The maximum atomic E-state index is 12.6. The van der Waals surface area contributed by atoms with E-state index in [0.29, 0.717) is 23.2 Å². The van der Waals surface area contributed by atoms with Crippen LogP contribution in [0.2, 0.25) is 0 Å². The van der Waals surface area contributed by atoms with Gasteiger partial charge in [-0.25, -0.2) is 0 Å². The molecule has 38 heavy (non-hydrogen) atoms. The van der Waals surface area contributed by atoms with Crippen molar-refractivity contribution in [3.8, 4) is 0 Å². The van der Waals surface area contributed by atoms with Crippen LogP contribution in [-0.2, 0) is 19.1 Å².